The van der Waals surface area contributed by atoms with Crippen LogP contribution in [-0.4, -0.2) is 86.7 Å². The predicted molar refractivity (Wildman–Crippen MR) is 176 cm³/mol. The number of hydrogen-bond acceptors (Lipinski definition) is 10. The summed E-state index contributed by atoms with van der Waals surface area (Å²) in [5.74, 6) is 1.98. The maximum Gasteiger partial charge on any atom is 0.243 e. The molecular formula is C32H43N7O4S. The summed E-state index contributed by atoms with van der Waals surface area (Å²) in [6.45, 7) is 12.6. The van der Waals surface area contributed by atoms with E-state index < -0.39 is 15.3 Å². The van der Waals surface area contributed by atoms with Crippen molar-refractivity contribution in [2.24, 2.45) is 5.92 Å². The zero-order chi connectivity index (χ0) is 31.6. The molecule has 2 N–H and O–H groups in total. The standard InChI is InChI=1S/C32H43N7O4S/c1-7-30(40)35-20-32(3,4)26-8-9-27(39-18-22(21(39)2)19-44(6,41)42)25-17-34-29(16-24(25)26)36-28-10-13-33-31(37-28)38-14-11-23(43-5)12-15-38/h7-10,13,16-17,21-23H,1,11-12,14-15,18-20H2,2-6H3,(H,35,40)(H,33,34,36,37)/t21-,22-/m1/s1. The summed E-state index contributed by atoms with van der Waals surface area (Å²) in [5.41, 5.74) is 1.65. The molecule has 11 nitrogen and oxygen atoms in total. The summed E-state index contributed by atoms with van der Waals surface area (Å²) in [7, 11) is -1.31. The summed E-state index contributed by atoms with van der Waals surface area (Å²) < 4.78 is 29.4. The number of aromatic nitrogens is 3. The minimum atomic E-state index is -3.06. The van der Waals surface area contributed by atoms with Gasteiger partial charge in [0.2, 0.25) is 11.9 Å². The molecule has 44 heavy (non-hydrogen) atoms. The molecule has 3 aromatic rings. The Morgan fingerprint density at radius 3 is 2.57 bits per heavy atom. The third-order valence-corrected chi connectivity index (χ3v) is 9.92. The van der Waals surface area contributed by atoms with Crippen molar-refractivity contribution in [1.29, 1.82) is 0 Å². The van der Waals surface area contributed by atoms with E-state index in [1.807, 2.05) is 18.3 Å². The summed E-state index contributed by atoms with van der Waals surface area (Å²) in [6.07, 6.45) is 8.32. The minimum absolute atomic E-state index is 0.0739. The van der Waals surface area contributed by atoms with Crippen molar-refractivity contribution < 1.29 is 17.9 Å². The summed E-state index contributed by atoms with van der Waals surface area (Å²) in [6, 6.07) is 8.11. The van der Waals surface area contributed by atoms with Gasteiger partial charge in [-0.05, 0) is 55.0 Å². The number of anilines is 4. The van der Waals surface area contributed by atoms with E-state index >= 15 is 0 Å². The van der Waals surface area contributed by atoms with Crippen LogP contribution in [0.5, 0.6) is 0 Å². The lowest BCUT2D eigenvalue weighted by atomic mass is 9.80. The first kappa shape index (κ1) is 31.6. The molecule has 2 aliphatic rings. The highest BCUT2D eigenvalue weighted by Gasteiger charge is 2.38. The lowest BCUT2D eigenvalue weighted by Gasteiger charge is -2.48. The van der Waals surface area contributed by atoms with Crippen molar-refractivity contribution in [1.82, 2.24) is 20.3 Å². The first-order valence-corrected chi connectivity index (χ1v) is 17.1. The number of ether oxygens (including phenoxy) is 1. The summed E-state index contributed by atoms with van der Waals surface area (Å²) >= 11 is 0. The second-order valence-corrected chi connectivity index (χ2v) is 14.8. The summed E-state index contributed by atoms with van der Waals surface area (Å²) in [5, 5.41) is 8.27. The Balaban J connectivity index is 1.47. The quantitative estimate of drug-likeness (QED) is 0.305. The highest BCUT2D eigenvalue weighted by molar-refractivity contribution is 7.90. The first-order chi connectivity index (χ1) is 20.9. The number of rotatable bonds is 11. The van der Waals surface area contributed by atoms with Gasteiger partial charge in [-0.2, -0.15) is 4.98 Å². The first-order valence-electron chi connectivity index (χ1n) is 15.0. The molecule has 12 heteroatoms. The maximum absolute atomic E-state index is 12.0. The van der Waals surface area contributed by atoms with Gasteiger partial charge in [0.25, 0.3) is 0 Å². The Labute approximate surface area is 260 Å². The van der Waals surface area contributed by atoms with Crippen LogP contribution >= 0.6 is 0 Å². The number of methoxy groups -OCH3 is 1. The van der Waals surface area contributed by atoms with Crippen LogP contribution in [0.4, 0.5) is 23.3 Å². The molecule has 0 aliphatic carbocycles. The molecule has 0 unspecified atom stereocenters. The number of hydrogen-bond donors (Lipinski definition) is 2. The highest BCUT2D eigenvalue weighted by atomic mass is 32.2. The molecule has 5 rings (SSSR count). The van der Waals surface area contributed by atoms with Gasteiger partial charge in [0.15, 0.2) is 0 Å². The van der Waals surface area contributed by atoms with Crippen LogP contribution in [0.2, 0.25) is 0 Å². The molecule has 0 bridgehead atoms. The molecule has 0 saturated carbocycles. The Morgan fingerprint density at radius 1 is 1.16 bits per heavy atom. The molecule has 1 amide bonds. The Kier molecular flexibility index (Phi) is 9.12. The number of benzene rings is 1. The molecular weight excluding hydrogens is 578 g/mol. The average molecular weight is 622 g/mol. The number of carbonyl (C=O) groups is 1. The van der Waals surface area contributed by atoms with Crippen molar-refractivity contribution in [2.75, 3.05) is 60.4 Å². The van der Waals surface area contributed by atoms with Crippen LogP contribution in [0, 0.1) is 5.92 Å². The Bertz CT molecular complexity index is 1640. The number of fused-ring (bicyclic) bond motifs is 1. The van der Waals surface area contributed by atoms with Crippen LogP contribution in [-0.2, 0) is 24.8 Å². The van der Waals surface area contributed by atoms with Gasteiger partial charge >= 0.3 is 0 Å². The van der Waals surface area contributed by atoms with Gasteiger partial charge in [-0.3, -0.25) is 4.79 Å². The summed E-state index contributed by atoms with van der Waals surface area (Å²) in [4.78, 5) is 30.5. The van der Waals surface area contributed by atoms with Crippen LogP contribution in [0.25, 0.3) is 10.8 Å². The zero-order valence-electron chi connectivity index (χ0n) is 26.2. The molecule has 2 atom stereocenters. The number of pyridine rings is 1. The Morgan fingerprint density at radius 2 is 1.91 bits per heavy atom. The van der Waals surface area contributed by atoms with E-state index in [4.69, 9.17) is 14.7 Å². The van der Waals surface area contributed by atoms with Crippen molar-refractivity contribution in [3.63, 3.8) is 0 Å². The van der Waals surface area contributed by atoms with Crippen LogP contribution in [0.3, 0.4) is 0 Å². The smallest absolute Gasteiger partial charge is 0.243 e. The van der Waals surface area contributed by atoms with Gasteiger partial charge in [0, 0.05) is 80.4 Å². The topological polar surface area (TPSA) is 130 Å². The molecule has 236 valence electrons. The van der Waals surface area contributed by atoms with E-state index in [1.165, 1.54) is 12.3 Å². The van der Waals surface area contributed by atoms with Gasteiger partial charge in [-0.15, -0.1) is 0 Å². The third-order valence-electron chi connectivity index (χ3n) is 8.89. The fourth-order valence-electron chi connectivity index (χ4n) is 6.19. The van der Waals surface area contributed by atoms with Crippen molar-refractivity contribution in [2.45, 2.75) is 51.2 Å². The monoisotopic (exact) mass is 621 g/mol. The van der Waals surface area contributed by atoms with Crippen molar-refractivity contribution in [3.05, 3.63) is 54.9 Å². The number of carbonyl (C=O) groups excluding carboxylic acids is 1. The zero-order valence-corrected chi connectivity index (χ0v) is 27.0. The second-order valence-electron chi connectivity index (χ2n) is 12.6. The fraction of sp³-hybridized carbons (Fsp3) is 0.500. The third kappa shape index (κ3) is 6.96. The fourth-order valence-corrected chi connectivity index (χ4v) is 7.35. The number of nitrogens with one attached hydrogen (secondary N) is 2. The van der Waals surface area contributed by atoms with E-state index in [0.717, 1.165) is 48.0 Å². The molecule has 1 aromatic carbocycles. The van der Waals surface area contributed by atoms with E-state index in [-0.39, 0.29) is 29.7 Å². The molecule has 2 fully saturated rings. The molecule has 0 radical (unpaired) electrons. The van der Waals surface area contributed by atoms with Crippen molar-refractivity contribution >= 4 is 49.8 Å². The molecule has 0 spiro atoms. The molecule has 2 saturated heterocycles. The van der Waals surface area contributed by atoms with Gasteiger partial charge < -0.3 is 25.2 Å². The lowest BCUT2D eigenvalue weighted by Crippen LogP contribution is -2.57. The van der Waals surface area contributed by atoms with Gasteiger partial charge in [-0.1, -0.05) is 26.5 Å². The van der Waals surface area contributed by atoms with E-state index in [2.05, 4.69) is 64.9 Å². The highest BCUT2D eigenvalue weighted by Crippen LogP contribution is 2.41. The van der Waals surface area contributed by atoms with Crippen LogP contribution in [0.15, 0.2) is 49.3 Å². The molecule has 4 heterocycles. The number of sulfone groups is 1. The van der Waals surface area contributed by atoms with Gasteiger partial charge in [0.05, 0.1) is 11.9 Å². The maximum atomic E-state index is 12.0. The molecule has 2 aliphatic heterocycles. The second kappa shape index (κ2) is 12.7. The van der Waals surface area contributed by atoms with E-state index in [9.17, 15) is 13.2 Å². The van der Waals surface area contributed by atoms with E-state index in [0.29, 0.717) is 30.7 Å². The molecule has 2 aromatic heterocycles. The largest absolute Gasteiger partial charge is 0.381 e. The number of amides is 1. The van der Waals surface area contributed by atoms with E-state index in [1.54, 1.807) is 13.3 Å². The number of piperidine rings is 1. The predicted octanol–water partition coefficient (Wildman–Crippen LogP) is 3.83. The average Bonchev–Trinajstić information content (AvgIpc) is 3.00. The Hall–Kier alpha value is -3.77. The van der Waals surface area contributed by atoms with Crippen molar-refractivity contribution in [3.8, 4) is 0 Å². The van der Waals surface area contributed by atoms with Crippen LogP contribution in [0.1, 0.15) is 39.2 Å². The van der Waals surface area contributed by atoms with Crippen LogP contribution < -0.4 is 20.4 Å². The van der Waals surface area contributed by atoms with Gasteiger partial charge in [-0.25, -0.2) is 18.4 Å². The lowest BCUT2D eigenvalue weighted by molar-refractivity contribution is -0.116. The van der Waals surface area contributed by atoms with Gasteiger partial charge in [0.1, 0.15) is 21.5 Å². The number of nitrogens with zero attached hydrogens (tertiary/aromatic N) is 5. The minimum Gasteiger partial charge on any atom is -0.381 e. The normalized spacial score (nSPS) is 19.5. The SMILES string of the molecule is C=CC(=O)NCC(C)(C)c1ccc(N2C[C@H](CS(C)(=O)=O)[C@H]2C)c2cnc(Nc3ccnc(N4CCC(OC)CC4)n3)cc12.